The molecule has 1 aromatic carbocycles. The molecule has 0 N–H and O–H groups in total. The molecule has 20 heavy (non-hydrogen) atoms. The number of aromatic nitrogens is 1. The summed E-state index contributed by atoms with van der Waals surface area (Å²) < 4.78 is 1.94. The van der Waals surface area contributed by atoms with Crippen LogP contribution in [0.4, 0.5) is 0 Å². The van der Waals surface area contributed by atoms with Gasteiger partial charge in [-0.15, -0.1) is 0 Å². The fraction of sp³-hybridized carbons (Fsp3) is 0.333. The Hall–Kier alpha value is -1.96. The number of pyridine rings is 1. The Morgan fingerprint density at radius 2 is 1.75 bits per heavy atom. The van der Waals surface area contributed by atoms with Gasteiger partial charge in [-0.25, -0.2) is 0 Å². The van der Waals surface area contributed by atoms with Crippen molar-refractivity contribution in [2.45, 2.75) is 39.2 Å². The minimum atomic E-state index is 0.187. The summed E-state index contributed by atoms with van der Waals surface area (Å²) in [6.45, 7) is 2.47. The normalized spacial score (nSPS) is 13.8. The molecule has 0 aliphatic heterocycles. The average Bonchev–Trinajstić information content (AvgIpc) is 2.49. The summed E-state index contributed by atoms with van der Waals surface area (Å²) in [5.41, 5.74) is 4.85. The molecule has 0 bridgehead atoms. The number of carbonyl (C=O) groups is 1. The van der Waals surface area contributed by atoms with Crippen LogP contribution >= 0.6 is 0 Å². The number of fused-ring (bicyclic) bond motifs is 1. The van der Waals surface area contributed by atoms with Crippen molar-refractivity contribution in [3.8, 4) is 0 Å². The van der Waals surface area contributed by atoms with Gasteiger partial charge < -0.3 is 0 Å². The monoisotopic (exact) mass is 266 g/mol. The average molecular weight is 266 g/mol. The van der Waals surface area contributed by atoms with E-state index in [1.165, 1.54) is 29.5 Å². The summed E-state index contributed by atoms with van der Waals surface area (Å²) in [5.74, 6) is 0.187. The zero-order valence-corrected chi connectivity index (χ0v) is 11.9. The summed E-state index contributed by atoms with van der Waals surface area (Å²) >= 11 is 0. The van der Waals surface area contributed by atoms with Gasteiger partial charge in [0.05, 0.1) is 0 Å². The third-order valence-corrected chi connectivity index (χ3v) is 4.05. The van der Waals surface area contributed by atoms with Gasteiger partial charge in [0.1, 0.15) is 0 Å². The van der Waals surface area contributed by atoms with Crippen LogP contribution in [0.2, 0.25) is 0 Å². The lowest BCUT2D eigenvalue weighted by molar-refractivity contribution is -0.683. The van der Waals surface area contributed by atoms with Crippen LogP contribution in [-0.2, 0) is 19.4 Å². The fourth-order valence-electron chi connectivity index (χ4n) is 2.80. The van der Waals surface area contributed by atoms with E-state index in [-0.39, 0.29) is 5.78 Å². The van der Waals surface area contributed by atoms with Gasteiger partial charge in [-0.3, -0.25) is 4.79 Å². The Bertz CT molecular complexity index is 628. The highest BCUT2D eigenvalue weighted by molar-refractivity contribution is 5.95. The first-order valence-corrected chi connectivity index (χ1v) is 7.33. The number of Topliss-reactive ketones (excluding diaryl/α,β-unsaturated/α-hetero) is 1. The standard InChI is InChI=1S/C18H20NO/c1-14-8-10-19(11-9-14)13-18(20)17-7-6-15-4-2-3-5-16(15)12-17/h6-12H,2-5,13H2,1H3/q+1. The summed E-state index contributed by atoms with van der Waals surface area (Å²) in [4.78, 5) is 12.4. The number of carbonyl (C=O) groups excluding carboxylic acids is 1. The van der Waals surface area contributed by atoms with Crippen LogP contribution in [0.1, 0.15) is 39.9 Å². The largest absolute Gasteiger partial charge is 0.287 e. The third-order valence-electron chi connectivity index (χ3n) is 4.05. The Morgan fingerprint density at radius 3 is 2.50 bits per heavy atom. The molecule has 3 rings (SSSR count). The van der Waals surface area contributed by atoms with Crippen molar-refractivity contribution in [2.24, 2.45) is 0 Å². The molecule has 0 amide bonds. The number of rotatable bonds is 3. The Morgan fingerprint density at radius 1 is 1.05 bits per heavy atom. The van der Waals surface area contributed by atoms with E-state index in [4.69, 9.17) is 0 Å². The van der Waals surface area contributed by atoms with Crippen LogP contribution in [-0.4, -0.2) is 5.78 Å². The quantitative estimate of drug-likeness (QED) is 0.618. The van der Waals surface area contributed by atoms with E-state index in [1.807, 2.05) is 35.2 Å². The van der Waals surface area contributed by atoms with Crippen molar-refractivity contribution in [1.82, 2.24) is 0 Å². The number of nitrogens with zero attached hydrogens (tertiary/aromatic N) is 1. The van der Waals surface area contributed by atoms with E-state index in [9.17, 15) is 4.79 Å². The van der Waals surface area contributed by atoms with E-state index in [0.29, 0.717) is 6.54 Å². The highest BCUT2D eigenvalue weighted by Crippen LogP contribution is 2.22. The molecule has 2 aromatic rings. The molecule has 0 radical (unpaired) electrons. The van der Waals surface area contributed by atoms with Gasteiger partial charge in [0.2, 0.25) is 12.3 Å². The molecule has 1 aromatic heterocycles. The van der Waals surface area contributed by atoms with E-state index in [0.717, 1.165) is 18.4 Å². The molecule has 0 saturated carbocycles. The number of benzene rings is 1. The van der Waals surface area contributed by atoms with Crippen LogP contribution in [0.25, 0.3) is 0 Å². The zero-order chi connectivity index (χ0) is 13.9. The van der Waals surface area contributed by atoms with Gasteiger partial charge in [0, 0.05) is 17.7 Å². The first kappa shape index (κ1) is 13.0. The Kier molecular flexibility index (Phi) is 3.64. The van der Waals surface area contributed by atoms with Crippen molar-refractivity contribution < 1.29 is 9.36 Å². The lowest BCUT2D eigenvalue weighted by Crippen LogP contribution is -2.37. The number of ketones is 1. The lowest BCUT2D eigenvalue weighted by Gasteiger charge is -2.15. The molecular formula is C18H20NO+. The highest BCUT2D eigenvalue weighted by atomic mass is 16.1. The second kappa shape index (κ2) is 5.58. The molecule has 0 saturated heterocycles. The number of hydrogen-bond acceptors (Lipinski definition) is 1. The molecule has 0 fully saturated rings. The van der Waals surface area contributed by atoms with Crippen molar-refractivity contribution >= 4 is 5.78 Å². The summed E-state index contributed by atoms with van der Waals surface area (Å²) in [6, 6.07) is 10.3. The molecule has 2 nitrogen and oxygen atoms in total. The Balaban J connectivity index is 1.78. The van der Waals surface area contributed by atoms with E-state index < -0.39 is 0 Å². The molecule has 0 unspecified atom stereocenters. The topological polar surface area (TPSA) is 20.9 Å². The molecule has 1 heterocycles. The van der Waals surface area contributed by atoms with E-state index in [2.05, 4.69) is 19.1 Å². The van der Waals surface area contributed by atoms with Crippen molar-refractivity contribution in [3.05, 3.63) is 65.0 Å². The molecule has 0 atom stereocenters. The van der Waals surface area contributed by atoms with Crippen LogP contribution in [0, 0.1) is 6.92 Å². The number of hydrogen-bond donors (Lipinski definition) is 0. The smallest absolute Gasteiger partial charge is 0.227 e. The van der Waals surface area contributed by atoms with Crippen molar-refractivity contribution in [3.63, 3.8) is 0 Å². The first-order valence-electron chi connectivity index (χ1n) is 7.33. The second-order valence-electron chi connectivity index (χ2n) is 5.66. The molecule has 1 aliphatic carbocycles. The summed E-state index contributed by atoms with van der Waals surface area (Å²) in [6.07, 6.45) is 8.73. The van der Waals surface area contributed by atoms with Crippen molar-refractivity contribution in [1.29, 1.82) is 0 Å². The molecule has 2 heteroatoms. The molecule has 102 valence electrons. The van der Waals surface area contributed by atoms with E-state index >= 15 is 0 Å². The van der Waals surface area contributed by atoms with Gasteiger partial charge in [-0.2, -0.15) is 4.57 Å². The minimum Gasteiger partial charge on any atom is -0.287 e. The summed E-state index contributed by atoms with van der Waals surface area (Å²) in [5, 5.41) is 0. The maximum Gasteiger partial charge on any atom is 0.227 e. The SMILES string of the molecule is Cc1cc[n+](CC(=O)c2ccc3c(c2)CCCC3)cc1. The van der Waals surface area contributed by atoms with Crippen LogP contribution in [0.5, 0.6) is 0 Å². The maximum absolute atomic E-state index is 12.4. The van der Waals surface area contributed by atoms with Crippen molar-refractivity contribution in [2.75, 3.05) is 0 Å². The number of aryl methyl sites for hydroxylation is 3. The van der Waals surface area contributed by atoms with Gasteiger partial charge >= 0.3 is 0 Å². The summed E-state index contributed by atoms with van der Waals surface area (Å²) in [7, 11) is 0. The second-order valence-corrected chi connectivity index (χ2v) is 5.66. The van der Waals surface area contributed by atoms with Crippen LogP contribution < -0.4 is 4.57 Å². The first-order chi connectivity index (χ1) is 9.72. The Labute approximate surface area is 120 Å². The molecule has 1 aliphatic rings. The fourth-order valence-corrected chi connectivity index (χ4v) is 2.80. The predicted octanol–water partition coefficient (Wildman–Crippen LogP) is 3.04. The van der Waals surface area contributed by atoms with Gasteiger partial charge in [-0.05, 0) is 55.4 Å². The minimum absolute atomic E-state index is 0.187. The van der Waals surface area contributed by atoms with Gasteiger partial charge in [0.15, 0.2) is 12.4 Å². The van der Waals surface area contributed by atoms with Crippen LogP contribution in [0.3, 0.4) is 0 Å². The third kappa shape index (κ3) is 2.79. The lowest BCUT2D eigenvalue weighted by atomic mass is 9.90. The predicted molar refractivity (Wildman–Crippen MR) is 78.8 cm³/mol. The highest BCUT2D eigenvalue weighted by Gasteiger charge is 2.15. The van der Waals surface area contributed by atoms with Gasteiger partial charge in [0.25, 0.3) is 0 Å². The molecular weight excluding hydrogens is 246 g/mol. The maximum atomic E-state index is 12.4. The van der Waals surface area contributed by atoms with Gasteiger partial charge in [-0.1, -0.05) is 12.1 Å². The zero-order valence-electron chi connectivity index (χ0n) is 11.9. The van der Waals surface area contributed by atoms with Crippen LogP contribution in [0.15, 0.2) is 42.7 Å². The van der Waals surface area contributed by atoms with E-state index in [1.54, 1.807) is 0 Å². The molecule has 0 spiro atoms.